The van der Waals surface area contributed by atoms with Crippen LogP contribution < -0.4 is 5.32 Å². The third-order valence-electron chi connectivity index (χ3n) is 3.23. The first-order chi connectivity index (χ1) is 10.0. The highest BCUT2D eigenvalue weighted by molar-refractivity contribution is 5.95. The second kappa shape index (κ2) is 6.45. The number of rotatable bonds is 4. The highest BCUT2D eigenvalue weighted by Gasteiger charge is 2.44. The molecule has 0 aromatic heterocycles. The van der Waals surface area contributed by atoms with Gasteiger partial charge in [0.2, 0.25) is 5.82 Å². The molecule has 0 spiro atoms. The molecule has 2 atom stereocenters. The van der Waals surface area contributed by atoms with E-state index in [1.807, 2.05) is 0 Å². The smallest absolute Gasteiger partial charge is 0.408 e. The minimum Gasteiger partial charge on any atom is -0.503 e. The number of halogens is 6. The molecule has 1 aromatic rings. The summed E-state index contributed by atoms with van der Waals surface area (Å²) >= 11 is 0. The highest BCUT2D eigenvalue weighted by Crippen LogP contribution is 2.29. The molecule has 0 saturated heterocycles. The van der Waals surface area contributed by atoms with Gasteiger partial charge in [0, 0.05) is 0 Å². The summed E-state index contributed by atoms with van der Waals surface area (Å²) in [5, 5.41) is 10.5. The van der Waals surface area contributed by atoms with Gasteiger partial charge in [0.25, 0.3) is 5.91 Å². The Labute approximate surface area is 121 Å². The summed E-state index contributed by atoms with van der Waals surface area (Å²) in [6, 6.07) is -2.20. The summed E-state index contributed by atoms with van der Waals surface area (Å²) in [4.78, 5) is 11.7. The van der Waals surface area contributed by atoms with Crippen LogP contribution in [0.1, 0.15) is 30.6 Å². The number of phenolic OH excluding ortho intramolecular Hbond substituents is 1. The van der Waals surface area contributed by atoms with Crippen molar-refractivity contribution in [3.05, 3.63) is 29.1 Å². The van der Waals surface area contributed by atoms with Crippen molar-refractivity contribution in [3.63, 3.8) is 0 Å². The van der Waals surface area contributed by atoms with E-state index in [0.717, 1.165) is 0 Å². The Bertz CT molecular complexity index is 573. The zero-order valence-electron chi connectivity index (χ0n) is 11.6. The molecule has 22 heavy (non-hydrogen) atoms. The molecule has 1 aromatic carbocycles. The van der Waals surface area contributed by atoms with E-state index in [4.69, 9.17) is 5.11 Å². The minimum absolute atomic E-state index is 0.0654. The van der Waals surface area contributed by atoms with Crippen molar-refractivity contribution >= 4 is 5.91 Å². The lowest BCUT2D eigenvalue weighted by Gasteiger charge is -2.26. The van der Waals surface area contributed by atoms with Gasteiger partial charge in [0.15, 0.2) is 17.4 Å². The molecule has 0 aliphatic rings. The first kappa shape index (κ1) is 18.1. The lowest BCUT2D eigenvalue weighted by atomic mass is 9.98. The van der Waals surface area contributed by atoms with Gasteiger partial charge in [-0.3, -0.25) is 4.79 Å². The van der Waals surface area contributed by atoms with Gasteiger partial charge in [-0.25, -0.2) is 8.78 Å². The molecule has 2 N–H and O–H groups in total. The van der Waals surface area contributed by atoms with Crippen molar-refractivity contribution in [2.45, 2.75) is 32.5 Å². The summed E-state index contributed by atoms with van der Waals surface area (Å²) in [6.45, 7) is 2.68. The third kappa shape index (κ3) is 3.63. The first-order valence-corrected chi connectivity index (χ1v) is 6.24. The molecule has 1 amide bonds. The van der Waals surface area contributed by atoms with Gasteiger partial charge in [0.05, 0.1) is 5.56 Å². The second-order valence-corrected chi connectivity index (χ2v) is 4.76. The Morgan fingerprint density at radius 3 is 2.27 bits per heavy atom. The molecule has 0 radical (unpaired) electrons. The fraction of sp³-hybridized carbons (Fsp3) is 0.462. The maximum absolute atomic E-state index is 13.5. The number of carbonyl (C=O) groups is 1. The number of amides is 1. The number of hydrogen-bond acceptors (Lipinski definition) is 2. The van der Waals surface area contributed by atoms with Gasteiger partial charge < -0.3 is 10.4 Å². The number of hydrogen-bond donors (Lipinski definition) is 2. The average Bonchev–Trinajstić information content (AvgIpc) is 2.44. The standard InChI is InChI=1S/C13H13F6NO2/c1-3-5(2)11(13(17,18)19)20-12(22)6-4-7(14)9(16)10(21)8(6)15/h4-5,11,21H,3H2,1-2H3,(H,20,22)/t5-,11+/m1/s1. The van der Waals surface area contributed by atoms with E-state index in [9.17, 15) is 31.1 Å². The summed E-state index contributed by atoms with van der Waals surface area (Å²) in [5.41, 5.74) is -1.21. The minimum atomic E-state index is -4.80. The normalized spacial score (nSPS) is 14.5. The highest BCUT2D eigenvalue weighted by atomic mass is 19.4. The summed E-state index contributed by atoms with van der Waals surface area (Å²) in [7, 11) is 0. The predicted molar refractivity (Wildman–Crippen MR) is 64.7 cm³/mol. The van der Waals surface area contributed by atoms with E-state index in [1.54, 1.807) is 0 Å². The van der Waals surface area contributed by atoms with Crippen molar-refractivity contribution in [3.8, 4) is 5.75 Å². The van der Waals surface area contributed by atoms with E-state index in [2.05, 4.69) is 0 Å². The molecule has 1 rings (SSSR count). The number of benzene rings is 1. The largest absolute Gasteiger partial charge is 0.503 e. The SMILES string of the molecule is CC[C@@H](C)[C@H](NC(=O)c1cc(F)c(F)c(O)c1F)C(F)(F)F. The molecule has 0 aliphatic carbocycles. The molecular formula is C13H13F6NO2. The summed E-state index contributed by atoms with van der Waals surface area (Å²) in [5.74, 6) is -9.90. The molecule has 3 nitrogen and oxygen atoms in total. The maximum atomic E-state index is 13.5. The monoisotopic (exact) mass is 329 g/mol. The van der Waals surface area contributed by atoms with Crippen LogP contribution >= 0.6 is 0 Å². The van der Waals surface area contributed by atoms with E-state index in [-0.39, 0.29) is 12.5 Å². The number of nitrogens with one attached hydrogen (secondary N) is 1. The van der Waals surface area contributed by atoms with Gasteiger partial charge >= 0.3 is 6.18 Å². The van der Waals surface area contributed by atoms with Crippen LogP contribution in [0.15, 0.2) is 6.07 Å². The number of aromatic hydroxyl groups is 1. The van der Waals surface area contributed by atoms with Gasteiger partial charge in [-0.2, -0.15) is 17.6 Å². The van der Waals surface area contributed by atoms with Gasteiger partial charge in [-0.1, -0.05) is 20.3 Å². The Morgan fingerprint density at radius 2 is 1.82 bits per heavy atom. The molecule has 0 heterocycles. The second-order valence-electron chi connectivity index (χ2n) is 4.76. The van der Waals surface area contributed by atoms with Crippen molar-refractivity contribution in [1.82, 2.24) is 5.32 Å². The Hall–Kier alpha value is -1.93. The lowest BCUT2D eigenvalue weighted by Crippen LogP contribution is -2.49. The lowest BCUT2D eigenvalue weighted by molar-refractivity contribution is -0.164. The fourth-order valence-corrected chi connectivity index (χ4v) is 1.76. The van der Waals surface area contributed by atoms with Crippen LogP contribution in [-0.4, -0.2) is 23.2 Å². The molecule has 0 fully saturated rings. The van der Waals surface area contributed by atoms with Crippen LogP contribution in [0.3, 0.4) is 0 Å². The van der Waals surface area contributed by atoms with Crippen molar-refractivity contribution in [1.29, 1.82) is 0 Å². The third-order valence-corrected chi connectivity index (χ3v) is 3.23. The first-order valence-electron chi connectivity index (χ1n) is 6.24. The number of alkyl halides is 3. The Kier molecular flexibility index (Phi) is 5.31. The molecule has 0 aliphatic heterocycles. The Morgan fingerprint density at radius 1 is 1.27 bits per heavy atom. The summed E-state index contributed by atoms with van der Waals surface area (Å²) in [6.07, 6.45) is -4.74. The quantitative estimate of drug-likeness (QED) is 0.656. The van der Waals surface area contributed by atoms with Crippen LogP contribution in [0.4, 0.5) is 26.3 Å². The van der Waals surface area contributed by atoms with Crippen molar-refractivity contribution < 1.29 is 36.2 Å². The van der Waals surface area contributed by atoms with Crippen LogP contribution in [-0.2, 0) is 0 Å². The van der Waals surface area contributed by atoms with Gasteiger partial charge in [-0.15, -0.1) is 0 Å². The number of phenols is 1. The summed E-state index contributed by atoms with van der Waals surface area (Å²) < 4.78 is 78.1. The molecule has 0 bridgehead atoms. The predicted octanol–water partition coefficient (Wildman–Crippen LogP) is 3.52. The van der Waals surface area contributed by atoms with Crippen LogP contribution in [0, 0.1) is 23.4 Å². The molecule has 0 unspecified atom stereocenters. The maximum Gasteiger partial charge on any atom is 0.408 e. The van der Waals surface area contributed by atoms with E-state index >= 15 is 0 Å². The number of carbonyl (C=O) groups excluding carboxylic acids is 1. The van der Waals surface area contributed by atoms with Crippen molar-refractivity contribution in [2.24, 2.45) is 5.92 Å². The Balaban J connectivity index is 3.16. The molecule has 124 valence electrons. The molecular weight excluding hydrogens is 316 g/mol. The van der Waals surface area contributed by atoms with Crippen LogP contribution in [0.5, 0.6) is 5.75 Å². The topological polar surface area (TPSA) is 49.3 Å². The van der Waals surface area contributed by atoms with Gasteiger partial charge in [0.1, 0.15) is 6.04 Å². The van der Waals surface area contributed by atoms with E-state index in [1.165, 1.54) is 19.2 Å². The molecule has 0 saturated carbocycles. The fourth-order valence-electron chi connectivity index (χ4n) is 1.76. The van der Waals surface area contributed by atoms with E-state index < -0.39 is 52.8 Å². The zero-order chi connectivity index (χ0) is 17.2. The van der Waals surface area contributed by atoms with Gasteiger partial charge in [-0.05, 0) is 12.0 Å². The molecule has 9 heteroatoms. The van der Waals surface area contributed by atoms with Crippen LogP contribution in [0.2, 0.25) is 0 Å². The van der Waals surface area contributed by atoms with Crippen molar-refractivity contribution in [2.75, 3.05) is 0 Å². The average molecular weight is 329 g/mol. The zero-order valence-corrected chi connectivity index (χ0v) is 11.6. The van der Waals surface area contributed by atoms with Crippen LogP contribution in [0.25, 0.3) is 0 Å². The van der Waals surface area contributed by atoms with E-state index in [0.29, 0.717) is 0 Å².